The van der Waals surface area contributed by atoms with Gasteiger partial charge in [0.2, 0.25) is 10.0 Å². The molecule has 2 aromatic rings. The first-order valence-corrected chi connectivity index (χ1v) is 10.3. The second-order valence-corrected chi connectivity index (χ2v) is 8.73. The average molecular weight is 372 g/mol. The van der Waals surface area contributed by atoms with Gasteiger partial charge in [0, 0.05) is 17.6 Å². The summed E-state index contributed by atoms with van der Waals surface area (Å²) in [6.07, 6.45) is 3.70. The molecule has 8 heteroatoms. The Balaban J connectivity index is 1.49. The Kier molecular flexibility index (Phi) is 5.32. The molecule has 0 spiro atoms. The minimum absolute atomic E-state index is 0.0673. The van der Waals surface area contributed by atoms with Crippen LogP contribution in [0.1, 0.15) is 32.6 Å². The van der Waals surface area contributed by atoms with Crippen molar-refractivity contribution in [2.75, 3.05) is 17.6 Å². The van der Waals surface area contributed by atoms with E-state index in [4.69, 9.17) is 16.0 Å². The number of hydrogen-bond donors (Lipinski definition) is 2. The van der Waals surface area contributed by atoms with Gasteiger partial charge in [-0.25, -0.2) is 13.1 Å². The van der Waals surface area contributed by atoms with E-state index < -0.39 is 10.0 Å². The van der Waals surface area contributed by atoms with Gasteiger partial charge >= 0.3 is 0 Å². The van der Waals surface area contributed by atoms with Gasteiger partial charge in [0.1, 0.15) is 5.52 Å². The summed E-state index contributed by atoms with van der Waals surface area (Å²) in [6.45, 7) is 2.43. The molecule has 1 aliphatic carbocycles. The third-order valence-electron chi connectivity index (χ3n) is 4.46. The number of fused-ring (bicyclic) bond motifs is 1. The number of rotatable bonds is 6. The molecule has 6 nitrogen and oxygen atoms in total. The van der Waals surface area contributed by atoms with Crippen LogP contribution in [0.5, 0.6) is 0 Å². The quantitative estimate of drug-likeness (QED) is 0.813. The molecule has 0 unspecified atom stereocenters. The number of aromatic nitrogens is 1. The third kappa shape index (κ3) is 4.40. The van der Waals surface area contributed by atoms with E-state index in [-0.39, 0.29) is 11.8 Å². The number of hydrogen-bond acceptors (Lipinski definition) is 5. The lowest BCUT2D eigenvalue weighted by Gasteiger charge is -2.28. The van der Waals surface area contributed by atoms with Crippen molar-refractivity contribution < 1.29 is 12.8 Å². The zero-order chi connectivity index (χ0) is 17.2. The van der Waals surface area contributed by atoms with Gasteiger partial charge < -0.3 is 9.73 Å². The zero-order valence-electron chi connectivity index (χ0n) is 13.6. The highest BCUT2D eigenvalue weighted by molar-refractivity contribution is 7.89. The van der Waals surface area contributed by atoms with Gasteiger partial charge in [-0.1, -0.05) is 11.6 Å². The fourth-order valence-corrected chi connectivity index (χ4v) is 4.11. The second-order valence-electron chi connectivity index (χ2n) is 6.25. The summed E-state index contributed by atoms with van der Waals surface area (Å²) in [6, 6.07) is 5.92. The van der Waals surface area contributed by atoms with Gasteiger partial charge in [-0.2, -0.15) is 4.98 Å². The fraction of sp³-hybridized carbons (Fsp3) is 0.562. The van der Waals surface area contributed by atoms with Crippen LogP contribution in [0.4, 0.5) is 6.01 Å². The van der Waals surface area contributed by atoms with Crippen LogP contribution in [0, 0.1) is 5.92 Å². The summed E-state index contributed by atoms with van der Waals surface area (Å²) in [7, 11) is -3.11. The summed E-state index contributed by atoms with van der Waals surface area (Å²) in [5.41, 5.74) is 1.45. The maximum absolute atomic E-state index is 11.6. The predicted molar refractivity (Wildman–Crippen MR) is 95.9 cm³/mol. The average Bonchev–Trinajstić information content (AvgIpc) is 2.96. The number of nitrogens with zero attached hydrogens (tertiary/aromatic N) is 1. The Morgan fingerprint density at radius 1 is 1.29 bits per heavy atom. The van der Waals surface area contributed by atoms with Crippen molar-refractivity contribution >= 4 is 38.7 Å². The van der Waals surface area contributed by atoms with Crippen LogP contribution in [-0.2, 0) is 10.0 Å². The van der Waals surface area contributed by atoms with E-state index in [1.165, 1.54) is 0 Å². The van der Waals surface area contributed by atoms with Gasteiger partial charge in [0.25, 0.3) is 6.01 Å². The van der Waals surface area contributed by atoms with E-state index in [0.29, 0.717) is 22.5 Å². The van der Waals surface area contributed by atoms with Crippen LogP contribution >= 0.6 is 11.6 Å². The molecule has 24 heavy (non-hydrogen) atoms. The monoisotopic (exact) mass is 371 g/mol. The molecule has 2 N–H and O–H groups in total. The number of sulfonamides is 1. The normalized spacial score (nSPS) is 21.9. The smallest absolute Gasteiger partial charge is 0.295 e. The molecule has 0 aliphatic heterocycles. The van der Waals surface area contributed by atoms with Gasteiger partial charge in [-0.3, -0.25) is 0 Å². The highest BCUT2D eigenvalue weighted by Gasteiger charge is 2.24. The topological polar surface area (TPSA) is 84.2 Å². The van der Waals surface area contributed by atoms with Crippen molar-refractivity contribution in [3.63, 3.8) is 0 Å². The van der Waals surface area contributed by atoms with Crippen LogP contribution in [0.2, 0.25) is 5.02 Å². The molecule has 0 radical (unpaired) electrons. The Hall–Kier alpha value is -1.31. The maximum atomic E-state index is 11.6. The van der Waals surface area contributed by atoms with Crippen LogP contribution in [-0.4, -0.2) is 31.7 Å². The van der Waals surface area contributed by atoms with Crippen molar-refractivity contribution in [3.05, 3.63) is 23.2 Å². The molecule has 1 aromatic carbocycles. The lowest BCUT2D eigenvalue weighted by atomic mass is 9.86. The highest BCUT2D eigenvalue weighted by atomic mass is 35.5. The van der Waals surface area contributed by atoms with Gasteiger partial charge in [0.15, 0.2) is 5.58 Å². The summed E-state index contributed by atoms with van der Waals surface area (Å²) in [5.74, 6) is 0.627. The fourth-order valence-electron chi connectivity index (χ4n) is 3.03. The van der Waals surface area contributed by atoms with E-state index in [2.05, 4.69) is 15.0 Å². The number of anilines is 1. The van der Waals surface area contributed by atoms with E-state index in [9.17, 15) is 8.42 Å². The van der Waals surface area contributed by atoms with Crippen LogP contribution in [0.3, 0.4) is 0 Å². The third-order valence-corrected chi connectivity index (χ3v) is 6.15. The first-order valence-electron chi connectivity index (χ1n) is 8.25. The first kappa shape index (κ1) is 17.5. The molecule has 1 aliphatic rings. The van der Waals surface area contributed by atoms with Crippen molar-refractivity contribution in [3.8, 4) is 0 Å². The summed E-state index contributed by atoms with van der Waals surface area (Å²) in [5, 5.41) is 3.87. The number of nitrogens with one attached hydrogen (secondary N) is 2. The lowest BCUT2D eigenvalue weighted by molar-refractivity contribution is 0.323. The predicted octanol–water partition coefficient (Wildman–Crippen LogP) is 3.39. The second kappa shape index (κ2) is 7.29. The molecular formula is C16H22ClN3O3S. The lowest BCUT2D eigenvalue weighted by Crippen LogP contribution is -2.39. The Morgan fingerprint density at radius 2 is 2.04 bits per heavy atom. The molecule has 1 aromatic heterocycles. The minimum atomic E-state index is -3.11. The van der Waals surface area contributed by atoms with Crippen molar-refractivity contribution in [2.45, 2.75) is 38.6 Å². The Labute approximate surface area is 147 Å². The molecule has 0 bridgehead atoms. The molecule has 0 saturated heterocycles. The SMILES string of the molecule is CCS(=O)(=O)NC1CCC(CNc2nc3cc(Cl)ccc3o2)CC1. The van der Waals surface area contributed by atoms with Gasteiger partial charge in [-0.15, -0.1) is 0 Å². The first-order chi connectivity index (χ1) is 11.4. The molecule has 1 fully saturated rings. The molecule has 1 heterocycles. The van der Waals surface area contributed by atoms with E-state index in [1.807, 2.05) is 0 Å². The van der Waals surface area contributed by atoms with E-state index in [1.54, 1.807) is 25.1 Å². The summed E-state index contributed by atoms with van der Waals surface area (Å²) >= 11 is 5.95. The summed E-state index contributed by atoms with van der Waals surface area (Å²) < 4.78 is 31.6. The number of halogens is 1. The van der Waals surface area contributed by atoms with Crippen molar-refractivity contribution in [1.29, 1.82) is 0 Å². The van der Waals surface area contributed by atoms with Crippen molar-refractivity contribution in [2.24, 2.45) is 5.92 Å². The van der Waals surface area contributed by atoms with Gasteiger partial charge in [-0.05, 0) is 56.7 Å². The highest BCUT2D eigenvalue weighted by Crippen LogP contribution is 2.26. The number of oxazole rings is 1. The van der Waals surface area contributed by atoms with Crippen LogP contribution < -0.4 is 10.0 Å². The van der Waals surface area contributed by atoms with Crippen molar-refractivity contribution in [1.82, 2.24) is 9.71 Å². The van der Waals surface area contributed by atoms with Crippen LogP contribution in [0.15, 0.2) is 22.6 Å². The maximum Gasteiger partial charge on any atom is 0.295 e. The summed E-state index contributed by atoms with van der Waals surface area (Å²) in [4.78, 5) is 4.38. The molecule has 1 saturated carbocycles. The van der Waals surface area contributed by atoms with Crippen LogP contribution in [0.25, 0.3) is 11.1 Å². The molecular weight excluding hydrogens is 350 g/mol. The van der Waals surface area contributed by atoms with Gasteiger partial charge in [0.05, 0.1) is 5.75 Å². The molecule has 3 rings (SSSR count). The Bertz CT molecular complexity index is 798. The zero-order valence-corrected chi connectivity index (χ0v) is 15.2. The largest absolute Gasteiger partial charge is 0.424 e. The van der Waals surface area contributed by atoms with E-state index in [0.717, 1.165) is 37.7 Å². The number of benzene rings is 1. The molecule has 0 amide bonds. The molecule has 132 valence electrons. The Morgan fingerprint density at radius 3 is 2.75 bits per heavy atom. The molecule has 0 atom stereocenters. The standard InChI is InChI=1S/C16H22ClN3O3S/c1-2-24(21,22)20-13-6-3-11(4-7-13)10-18-16-19-14-9-12(17)5-8-15(14)23-16/h5,8-9,11,13,20H,2-4,6-7,10H2,1H3,(H,18,19). The van der Waals surface area contributed by atoms with E-state index >= 15 is 0 Å². The minimum Gasteiger partial charge on any atom is -0.424 e.